The summed E-state index contributed by atoms with van der Waals surface area (Å²) in [5.41, 5.74) is 8.57. The molecule has 0 saturated carbocycles. The van der Waals surface area contributed by atoms with Gasteiger partial charge in [0, 0.05) is 28.3 Å². The van der Waals surface area contributed by atoms with Crippen molar-refractivity contribution >= 4 is 34.1 Å². The molecule has 0 bridgehead atoms. The minimum Gasteiger partial charge on any atom is -0.493 e. The molecular weight excluding hydrogens is 547 g/mol. The van der Waals surface area contributed by atoms with Crippen molar-refractivity contribution in [2.45, 2.75) is 12.8 Å². The number of halogens is 5. The molecule has 5 rings (SSSR count). The van der Waals surface area contributed by atoms with Crippen molar-refractivity contribution in [2.75, 3.05) is 34.3 Å². The summed E-state index contributed by atoms with van der Waals surface area (Å²) < 4.78 is 47.0. The number of pyridine rings is 1. The van der Waals surface area contributed by atoms with Crippen molar-refractivity contribution in [1.82, 2.24) is 4.98 Å². The molecule has 1 heterocycles. The smallest absolute Gasteiger partial charge is 0.493 e. The molecule has 0 saturated heterocycles. The van der Waals surface area contributed by atoms with E-state index >= 15 is 0 Å². The van der Waals surface area contributed by atoms with Crippen LogP contribution < -0.4 is 4.74 Å². The fourth-order valence-corrected chi connectivity index (χ4v) is 4.90. The van der Waals surface area contributed by atoms with Crippen molar-refractivity contribution in [1.29, 1.82) is 0 Å². The number of quaternary nitrogens is 1. The maximum absolute atomic E-state index is 9.75. The Balaban J connectivity index is 0.000000586. The topological polar surface area (TPSA) is 22.1 Å². The summed E-state index contributed by atoms with van der Waals surface area (Å²) in [7, 11) is 0.627. The average molecular weight is 575 g/mol. The van der Waals surface area contributed by atoms with Gasteiger partial charge in [0.15, 0.2) is 0 Å². The van der Waals surface area contributed by atoms with Gasteiger partial charge in [-0.3, -0.25) is 0 Å². The molecule has 194 valence electrons. The Morgan fingerprint density at radius 3 is 2.30 bits per heavy atom. The van der Waals surface area contributed by atoms with Crippen molar-refractivity contribution in [3.8, 4) is 28.1 Å². The molecule has 1 aliphatic rings. The average Bonchev–Trinajstić information content (AvgIpc) is 3.20. The third kappa shape index (κ3) is 7.11. The zero-order chi connectivity index (χ0) is 26.8. The summed E-state index contributed by atoms with van der Waals surface area (Å²) in [6.07, 6.45) is 1.96. The van der Waals surface area contributed by atoms with Gasteiger partial charge in [-0.05, 0) is 64.7 Å². The molecule has 3 aromatic carbocycles. The number of fused-ring (bicyclic) bond motifs is 5. The number of rotatable bonds is 6. The van der Waals surface area contributed by atoms with Gasteiger partial charge < -0.3 is 26.5 Å². The summed E-state index contributed by atoms with van der Waals surface area (Å²) in [4.78, 5) is 5.11. The lowest BCUT2D eigenvalue weighted by Gasteiger charge is -2.23. The van der Waals surface area contributed by atoms with E-state index in [-0.39, 0.29) is 0 Å². The van der Waals surface area contributed by atoms with E-state index in [4.69, 9.17) is 9.72 Å². The minimum atomic E-state index is -6.00. The van der Waals surface area contributed by atoms with Gasteiger partial charge in [-0.2, -0.15) is 0 Å². The molecule has 0 fully saturated rings. The monoisotopic (exact) mass is 574 g/mol. The molecule has 0 radical (unpaired) electrons. The zero-order valence-corrected chi connectivity index (χ0v) is 22.5. The van der Waals surface area contributed by atoms with Crippen molar-refractivity contribution in [2.24, 2.45) is 0 Å². The van der Waals surface area contributed by atoms with Gasteiger partial charge in [0.1, 0.15) is 5.75 Å². The van der Waals surface area contributed by atoms with E-state index in [1.807, 2.05) is 0 Å². The molecular formula is C28H28BBrF4N2O. The summed E-state index contributed by atoms with van der Waals surface area (Å²) in [6, 6.07) is 23.5. The predicted octanol–water partition coefficient (Wildman–Crippen LogP) is 8.01. The first-order valence-corrected chi connectivity index (χ1v) is 12.8. The maximum Gasteiger partial charge on any atom is 0.673 e. The molecule has 0 aliphatic heterocycles. The molecule has 1 aromatic heterocycles. The van der Waals surface area contributed by atoms with E-state index in [1.165, 1.54) is 27.6 Å². The van der Waals surface area contributed by atoms with Gasteiger partial charge in [-0.1, -0.05) is 40.2 Å². The molecule has 0 unspecified atom stereocenters. The van der Waals surface area contributed by atoms with E-state index < -0.39 is 7.25 Å². The Kier molecular flexibility index (Phi) is 7.95. The number of benzene rings is 3. The van der Waals surface area contributed by atoms with Crippen LogP contribution in [0.25, 0.3) is 33.3 Å². The quantitative estimate of drug-likeness (QED) is 0.0886. The lowest BCUT2D eigenvalue weighted by atomic mass is 9.97. The van der Waals surface area contributed by atoms with Crippen LogP contribution in [0.3, 0.4) is 0 Å². The van der Waals surface area contributed by atoms with Gasteiger partial charge >= 0.3 is 7.25 Å². The lowest BCUT2D eigenvalue weighted by Crippen LogP contribution is -2.35. The third-order valence-electron chi connectivity index (χ3n) is 6.07. The second-order valence-electron chi connectivity index (χ2n) is 10.0. The Labute approximate surface area is 222 Å². The Morgan fingerprint density at radius 1 is 0.946 bits per heavy atom. The highest BCUT2D eigenvalue weighted by Gasteiger charge is 2.25. The fourth-order valence-electron chi connectivity index (χ4n) is 4.54. The zero-order valence-electron chi connectivity index (χ0n) is 20.9. The van der Waals surface area contributed by atoms with Crippen LogP contribution >= 0.6 is 15.9 Å². The summed E-state index contributed by atoms with van der Waals surface area (Å²) >= 11 is 3.65. The Hall–Kier alpha value is -2.91. The van der Waals surface area contributed by atoms with Crippen LogP contribution in [0.1, 0.15) is 17.5 Å². The van der Waals surface area contributed by atoms with Crippen LogP contribution in [0.4, 0.5) is 17.3 Å². The lowest BCUT2D eigenvalue weighted by molar-refractivity contribution is -0.870. The highest BCUT2D eigenvalue weighted by Crippen LogP contribution is 2.45. The van der Waals surface area contributed by atoms with Crippen LogP contribution in [0, 0.1) is 0 Å². The van der Waals surface area contributed by atoms with E-state index in [9.17, 15) is 17.3 Å². The second-order valence-corrected chi connectivity index (χ2v) is 11.0. The van der Waals surface area contributed by atoms with Gasteiger partial charge in [-0.15, -0.1) is 0 Å². The van der Waals surface area contributed by atoms with Gasteiger partial charge in [0.2, 0.25) is 0 Å². The highest BCUT2D eigenvalue weighted by atomic mass is 79.9. The SMILES string of the molecule is C[N+](C)(C)CCCOc1ccc(-c2nc3ccc(Br)cc3c3c2Cc2ccccc2-3)cc1.F[B-](F)(F)F. The van der Waals surface area contributed by atoms with E-state index in [0.29, 0.717) is 0 Å². The number of nitrogens with zero attached hydrogens (tertiary/aromatic N) is 2. The van der Waals surface area contributed by atoms with Crippen LogP contribution in [-0.4, -0.2) is 51.0 Å². The largest absolute Gasteiger partial charge is 0.673 e. The minimum absolute atomic E-state index is 0.739. The molecule has 0 N–H and O–H groups in total. The van der Waals surface area contributed by atoms with Crippen molar-refractivity contribution in [3.05, 3.63) is 82.3 Å². The first kappa shape index (κ1) is 27.1. The molecule has 1 aliphatic carbocycles. The predicted molar refractivity (Wildman–Crippen MR) is 146 cm³/mol. The van der Waals surface area contributed by atoms with Crippen LogP contribution in [-0.2, 0) is 6.42 Å². The molecule has 9 heteroatoms. The standard InChI is InChI=1S/C28H28BrN2O.BF4/c1-31(2,3)15-6-16-32-22-12-9-19(10-13-22)28-25-17-20-7-4-5-8-23(20)27(25)24-18-21(29)11-14-26(24)30-28;2-1(3,4)5/h4-5,7-14,18H,6,15-17H2,1-3H3;/q+1;-1. The number of aromatic nitrogens is 1. The Morgan fingerprint density at radius 2 is 1.62 bits per heavy atom. The normalized spacial score (nSPS) is 12.5. The van der Waals surface area contributed by atoms with Crippen LogP contribution in [0.15, 0.2) is 71.2 Å². The van der Waals surface area contributed by atoms with E-state index in [1.54, 1.807) is 0 Å². The molecule has 0 atom stereocenters. The maximum atomic E-state index is 9.75. The molecule has 3 nitrogen and oxygen atoms in total. The first-order chi connectivity index (χ1) is 17.4. The van der Waals surface area contributed by atoms with Crippen LogP contribution in [0.2, 0.25) is 0 Å². The van der Waals surface area contributed by atoms with Gasteiger partial charge in [0.05, 0.1) is 45.5 Å². The summed E-state index contributed by atoms with van der Waals surface area (Å²) in [5.74, 6) is 0.916. The number of hydrogen-bond donors (Lipinski definition) is 0. The van der Waals surface area contributed by atoms with Gasteiger partial charge in [-0.25, -0.2) is 4.98 Å². The molecule has 37 heavy (non-hydrogen) atoms. The van der Waals surface area contributed by atoms with Crippen LogP contribution in [0.5, 0.6) is 5.75 Å². The highest BCUT2D eigenvalue weighted by molar-refractivity contribution is 9.10. The Bertz CT molecular complexity index is 1400. The molecule has 0 spiro atoms. The summed E-state index contributed by atoms with van der Waals surface area (Å²) in [5, 5.41) is 1.21. The third-order valence-corrected chi connectivity index (χ3v) is 6.56. The second kappa shape index (κ2) is 10.8. The van der Waals surface area contributed by atoms with Gasteiger partial charge in [0.25, 0.3) is 0 Å². The van der Waals surface area contributed by atoms with Crippen molar-refractivity contribution < 1.29 is 26.5 Å². The van der Waals surface area contributed by atoms with E-state index in [0.717, 1.165) is 57.5 Å². The first-order valence-electron chi connectivity index (χ1n) is 12.0. The van der Waals surface area contributed by atoms with E-state index in [2.05, 4.69) is 104 Å². The van der Waals surface area contributed by atoms with Crippen molar-refractivity contribution in [3.63, 3.8) is 0 Å². The number of ether oxygens (including phenoxy) is 1. The fraction of sp³-hybridized carbons (Fsp3) is 0.250. The number of hydrogen-bond acceptors (Lipinski definition) is 2. The molecule has 4 aromatic rings. The summed E-state index contributed by atoms with van der Waals surface area (Å²) in [6.45, 7) is 1.84. The molecule has 0 amide bonds.